The van der Waals surface area contributed by atoms with Crippen LogP contribution >= 0.6 is 15.9 Å². The summed E-state index contributed by atoms with van der Waals surface area (Å²) in [5.74, 6) is 1.64. The van der Waals surface area contributed by atoms with Gasteiger partial charge in [-0.3, -0.25) is 4.79 Å². The van der Waals surface area contributed by atoms with Gasteiger partial charge in [0.15, 0.2) is 0 Å². The van der Waals surface area contributed by atoms with Crippen molar-refractivity contribution < 1.29 is 9.21 Å². The predicted molar refractivity (Wildman–Crippen MR) is 100 cm³/mol. The molecule has 1 fully saturated rings. The molecular formula is C20H19BrN2O2. The van der Waals surface area contributed by atoms with Crippen LogP contribution in [0.3, 0.4) is 0 Å². The number of nitriles is 1. The van der Waals surface area contributed by atoms with E-state index in [0.717, 1.165) is 22.9 Å². The number of carbonyl (C=O) groups excluding carboxylic acids is 1. The lowest BCUT2D eigenvalue weighted by Gasteiger charge is -2.30. The SMILES string of the molecule is CC1CCN(C(=O)C(C#N)=Cc2ccc(-c3ccc(Br)cc3)o2)CC1. The molecule has 1 aliphatic rings. The van der Waals surface area contributed by atoms with Crippen LogP contribution in [0.1, 0.15) is 25.5 Å². The molecule has 0 atom stereocenters. The molecule has 0 bridgehead atoms. The number of furan rings is 1. The highest BCUT2D eigenvalue weighted by Crippen LogP contribution is 2.25. The number of amides is 1. The third-order valence-electron chi connectivity index (χ3n) is 4.46. The van der Waals surface area contributed by atoms with Crippen molar-refractivity contribution in [3.63, 3.8) is 0 Å². The number of halogens is 1. The van der Waals surface area contributed by atoms with Gasteiger partial charge in [0.05, 0.1) is 0 Å². The molecule has 0 saturated carbocycles. The van der Waals surface area contributed by atoms with E-state index >= 15 is 0 Å². The van der Waals surface area contributed by atoms with Crippen molar-refractivity contribution in [1.82, 2.24) is 4.90 Å². The fraction of sp³-hybridized carbons (Fsp3) is 0.300. The molecule has 2 aromatic rings. The third-order valence-corrected chi connectivity index (χ3v) is 4.99. The summed E-state index contributed by atoms with van der Waals surface area (Å²) in [7, 11) is 0. The topological polar surface area (TPSA) is 57.2 Å². The molecule has 1 amide bonds. The highest BCUT2D eigenvalue weighted by Gasteiger charge is 2.23. The number of rotatable bonds is 3. The predicted octanol–water partition coefficient (Wildman–Crippen LogP) is 4.87. The van der Waals surface area contributed by atoms with Gasteiger partial charge in [0, 0.05) is 29.2 Å². The zero-order chi connectivity index (χ0) is 17.8. The highest BCUT2D eigenvalue weighted by molar-refractivity contribution is 9.10. The van der Waals surface area contributed by atoms with E-state index in [1.54, 1.807) is 11.0 Å². The number of nitrogens with zero attached hydrogens (tertiary/aromatic N) is 2. The maximum Gasteiger partial charge on any atom is 0.264 e. The van der Waals surface area contributed by atoms with Crippen molar-refractivity contribution >= 4 is 27.9 Å². The number of piperidine rings is 1. The Hall–Kier alpha value is -2.32. The number of benzene rings is 1. The maximum absolute atomic E-state index is 12.5. The van der Waals surface area contributed by atoms with Gasteiger partial charge in [-0.15, -0.1) is 0 Å². The van der Waals surface area contributed by atoms with Gasteiger partial charge in [-0.05, 0) is 43.0 Å². The molecule has 0 aliphatic carbocycles. The van der Waals surface area contributed by atoms with Gasteiger partial charge in [0.25, 0.3) is 5.91 Å². The smallest absolute Gasteiger partial charge is 0.264 e. The van der Waals surface area contributed by atoms with Gasteiger partial charge in [-0.2, -0.15) is 5.26 Å². The van der Waals surface area contributed by atoms with E-state index < -0.39 is 0 Å². The standard InChI is InChI=1S/C20H19BrN2O2/c1-14-8-10-23(11-9-14)20(24)16(13-22)12-18-6-7-19(25-18)15-2-4-17(21)5-3-15/h2-7,12,14H,8-11H2,1H3. The molecule has 3 rings (SSSR count). The monoisotopic (exact) mass is 398 g/mol. The van der Waals surface area contributed by atoms with Gasteiger partial charge < -0.3 is 9.32 Å². The molecule has 25 heavy (non-hydrogen) atoms. The normalized spacial score (nSPS) is 15.9. The molecule has 0 radical (unpaired) electrons. The second kappa shape index (κ2) is 7.71. The van der Waals surface area contributed by atoms with Crippen LogP contribution in [0.4, 0.5) is 0 Å². The fourth-order valence-electron chi connectivity index (χ4n) is 2.87. The van der Waals surface area contributed by atoms with Crippen LogP contribution in [0.25, 0.3) is 17.4 Å². The van der Waals surface area contributed by atoms with Crippen LogP contribution < -0.4 is 0 Å². The number of hydrogen-bond acceptors (Lipinski definition) is 3. The molecule has 2 heterocycles. The molecular weight excluding hydrogens is 380 g/mol. The molecule has 4 nitrogen and oxygen atoms in total. The number of likely N-dealkylation sites (tertiary alicyclic amines) is 1. The van der Waals surface area contributed by atoms with E-state index in [9.17, 15) is 10.1 Å². The quantitative estimate of drug-likeness (QED) is 0.546. The Morgan fingerprint density at radius 2 is 1.92 bits per heavy atom. The van der Waals surface area contributed by atoms with Crippen LogP contribution in [-0.4, -0.2) is 23.9 Å². The van der Waals surface area contributed by atoms with E-state index in [0.29, 0.717) is 30.5 Å². The first kappa shape index (κ1) is 17.5. The fourth-order valence-corrected chi connectivity index (χ4v) is 3.13. The minimum Gasteiger partial charge on any atom is -0.457 e. The summed E-state index contributed by atoms with van der Waals surface area (Å²) in [5.41, 5.74) is 1.06. The Bertz CT molecular complexity index is 822. The minimum absolute atomic E-state index is 0.117. The van der Waals surface area contributed by atoms with E-state index in [4.69, 9.17) is 4.42 Å². The zero-order valence-electron chi connectivity index (χ0n) is 14.0. The summed E-state index contributed by atoms with van der Waals surface area (Å²) in [5, 5.41) is 9.38. The van der Waals surface area contributed by atoms with Crippen molar-refractivity contribution in [3.8, 4) is 17.4 Å². The Kier molecular flexibility index (Phi) is 5.40. The van der Waals surface area contributed by atoms with E-state index in [-0.39, 0.29) is 11.5 Å². The first-order chi connectivity index (χ1) is 12.1. The van der Waals surface area contributed by atoms with Gasteiger partial charge >= 0.3 is 0 Å². The maximum atomic E-state index is 12.5. The number of carbonyl (C=O) groups is 1. The van der Waals surface area contributed by atoms with Crippen LogP contribution in [0.5, 0.6) is 0 Å². The molecule has 1 aliphatic heterocycles. The summed E-state index contributed by atoms with van der Waals surface area (Å²) in [4.78, 5) is 14.3. The van der Waals surface area contributed by atoms with Crippen molar-refractivity contribution in [2.24, 2.45) is 5.92 Å². The molecule has 5 heteroatoms. The molecule has 128 valence electrons. The average Bonchev–Trinajstić information content (AvgIpc) is 3.09. The van der Waals surface area contributed by atoms with Crippen molar-refractivity contribution in [1.29, 1.82) is 5.26 Å². The summed E-state index contributed by atoms with van der Waals surface area (Å²) in [6.45, 7) is 3.61. The molecule has 0 unspecified atom stereocenters. The Labute approximate surface area is 155 Å². The Morgan fingerprint density at radius 3 is 2.56 bits per heavy atom. The lowest BCUT2D eigenvalue weighted by Crippen LogP contribution is -2.38. The van der Waals surface area contributed by atoms with Crippen LogP contribution in [-0.2, 0) is 4.79 Å². The second-order valence-corrected chi connectivity index (χ2v) is 7.27. The van der Waals surface area contributed by atoms with Crippen molar-refractivity contribution in [3.05, 3.63) is 52.2 Å². The molecule has 0 N–H and O–H groups in total. The summed E-state index contributed by atoms with van der Waals surface area (Å²) < 4.78 is 6.78. The molecule has 0 spiro atoms. The average molecular weight is 399 g/mol. The van der Waals surface area contributed by atoms with Gasteiger partial charge in [-0.25, -0.2) is 0 Å². The molecule has 1 saturated heterocycles. The largest absolute Gasteiger partial charge is 0.457 e. The lowest BCUT2D eigenvalue weighted by atomic mass is 9.98. The van der Waals surface area contributed by atoms with E-state index in [1.165, 1.54) is 6.08 Å². The Morgan fingerprint density at radius 1 is 1.24 bits per heavy atom. The van der Waals surface area contributed by atoms with Crippen molar-refractivity contribution in [2.75, 3.05) is 13.1 Å². The first-order valence-electron chi connectivity index (χ1n) is 8.33. The summed E-state index contributed by atoms with van der Waals surface area (Å²) >= 11 is 3.40. The second-order valence-electron chi connectivity index (χ2n) is 6.35. The van der Waals surface area contributed by atoms with E-state index in [1.807, 2.05) is 36.4 Å². The van der Waals surface area contributed by atoms with E-state index in [2.05, 4.69) is 22.9 Å². The summed E-state index contributed by atoms with van der Waals surface area (Å²) in [6.07, 6.45) is 3.50. The van der Waals surface area contributed by atoms with Gasteiger partial charge in [-0.1, -0.05) is 35.0 Å². The first-order valence-corrected chi connectivity index (χ1v) is 9.13. The highest BCUT2D eigenvalue weighted by atomic mass is 79.9. The van der Waals surface area contributed by atoms with Crippen LogP contribution in [0, 0.1) is 17.2 Å². The third kappa shape index (κ3) is 4.21. The van der Waals surface area contributed by atoms with Crippen LogP contribution in [0.15, 0.2) is 50.9 Å². The number of hydrogen-bond donors (Lipinski definition) is 0. The lowest BCUT2D eigenvalue weighted by molar-refractivity contribution is -0.127. The summed E-state index contributed by atoms with van der Waals surface area (Å²) in [6, 6.07) is 13.4. The molecule has 1 aromatic carbocycles. The zero-order valence-corrected chi connectivity index (χ0v) is 15.6. The van der Waals surface area contributed by atoms with Gasteiger partial charge in [0.2, 0.25) is 0 Å². The van der Waals surface area contributed by atoms with Crippen molar-refractivity contribution in [2.45, 2.75) is 19.8 Å². The minimum atomic E-state index is -0.212. The van der Waals surface area contributed by atoms with Crippen LogP contribution in [0.2, 0.25) is 0 Å². The van der Waals surface area contributed by atoms with Gasteiger partial charge in [0.1, 0.15) is 23.2 Å². The Balaban J connectivity index is 1.77. The molecule has 1 aromatic heterocycles.